The maximum Gasteiger partial charge on any atom is 0.317 e. The van der Waals surface area contributed by atoms with Crippen LogP contribution >= 0.6 is 0 Å². The molecule has 1 N–H and O–H groups in total. The lowest BCUT2D eigenvalue weighted by atomic mass is 10.0. The maximum atomic E-state index is 10.9. The number of anilines is 2. The van der Waals surface area contributed by atoms with Gasteiger partial charge in [-0.05, 0) is 37.1 Å². The van der Waals surface area contributed by atoms with Gasteiger partial charge in [-0.15, -0.1) is 0 Å². The Labute approximate surface area is 137 Å². The van der Waals surface area contributed by atoms with Gasteiger partial charge in [-0.1, -0.05) is 36.4 Å². The maximum absolute atomic E-state index is 10.9. The third kappa shape index (κ3) is 3.90. The molecule has 1 heterocycles. The molecule has 120 valence electrons. The van der Waals surface area contributed by atoms with Crippen LogP contribution in [0.5, 0.6) is 0 Å². The summed E-state index contributed by atoms with van der Waals surface area (Å²) in [7, 11) is 0. The van der Waals surface area contributed by atoms with Crippen LogP contribution in [-0.4, -0.2) is 41.7 Å². The predicted octanol–water partition coefficient (Wildman–Crippen LogP) is 3.37. The smallest absolute Gasteiger partial charge is 0.317 e. The van der Waals surface area contributed by atoms with Crippen molar-refractivity contribution in [1.82, 2.24) is 4.90 Å². The lowest BCUT2D eigenvalue weighted by Gasteiger charge is -2.39. The van der Waals surface area contributed by atoms with E-state index in [-0.39, 0.29) is 6.54 Å². The zero-order valence-corrected chi connectivity index (χ0v) is 13.1. The van der Waals surface area contributed by atoms with Crippen molar-refractivity contribution in [2.45, 2.75) is 18.9 Å². The standard InChI is InChI=1S/C19H22N2O2/c22-19(23)15-20-13-11-18(12-14-20)21(16-7-3-1-4-8-16)17-9-5-2-6-10-17/h1-10,18H,11-15H2,(H,22,23). The first kappa shape index (κ1) is 15.6. The van der Waals surface area contributed by atoms with Crippen molar-refractivity contribution in [3.05, 3.63) is 60.7 Å². The first-order valence-corrected chi connectivity index (χ1v) is 8.07. The molecule has 4 heteroatoms. The molecule has 0 aliphatic carbocycles. The van der Waals surface area contributed by atoms with E-state index in [0.717, 1.165) is 25.9 Å². The molecule has 0 spiro atoms. The number of para-hydroxylation sites is 2. The molecule has 0 radical (unpaired) electrons. The number of carboxylic acid groups (broad SMARTS) is 1. The van der Waals surface area contributed by atoms with Crippen molar-refractivity contribution >= 4 is 17.3 Å². The molecule has 2 aromatic rings. The van der Waals surface area contributed by atoms with Crippen molar-refractivity contribution in [2.24, 2.45) is 0 Å². The van der Waals surface area contributed by atoms with Crippen molar-refractivity contribution in [3.63, 3.8) is 0 Å². The average molecular weight is 310 g/mol. The number of likely N-dealkylation sites (tertiary alicyclic amines) is 1. The molecule has 4 nitrogen and oxygen atoms in total. The van der Waals surface area contributed by atoms with Crippen LogP contribution < -0.4 is 4.90 Å². The number of hydrogen-bond acceptors (Lipinski definition) is 3. The Bertz CT molecular complexity index is 583. The largest absolute Gasteiger partial charge is 0.480 e. The number of rotatable bonds is 5. The van der Waals surface area contributed by atoms with Gasteiger partial charge in [0.15, 0.2) is 0 Å². The van der Waals surface area contributed by atoms with Crippen LogP contribution in [0, 0.1) is 0 Å². The Kier molecular flexibility index (Phi) is 4.93. The minimum Gasteiger partial charge on any atom is -0.480 e. The summed E-state index contributed by atoms with van der Waals surface area (Å²) in [4.78, 5) is 15.3. The van der Waals surface area contributed by atoms with E-state index in [9.17, 15) is 4.79 Å². The third-order valence-corrected chi connectivity index (χ3v) is 4.35. The molecular weight excluding hydrogens is 288 g/mol. The quantitative estimate of drug-likeness (QED) is 0.919. The summed E-state index contributed by atoms with van der Waals surface area (Å²) in [5.74, 6) is -0.744. The SMILES string of the molecule is O=C(O)CN1CCC(N(c2ccccc2)c2ccccc2)CC1. The highest BCUT2D eigenvalue weighted by Crippen LogP contribution is 2.31. The molecule has 0 saturated carbocycles. The molecule has 0 bridgehead atoms. The Hall–Kier alpha value is -2.33. The second kappa shape index (κ2) is 7.29. The minimum absolute atomic E-state index is 0.142. The fourth-order valence-electron chi connectivity index (χ4n) is 3.27. The fraction of sp³-hybridized carbons (Fsp3) is 0.316. The third-order valence-electron chi connectivity index (χ3n) is 4.35. The summed E-state index contributed by atoms with van der Waals surface area (Å²) in [6, 6.07) is 21.2. The van der Waals surface area contributed by atoms with E-state index in [4.69, 9.17) is 5.11 Å². The fourth-order valence-corrected chi connectivity index (χ4v) is 3.27. The summed E-state index contributed by atoms with van der Waals surface area (Å²) < 4.78 is 0. The van der Waals surface area contributed by atoms with Gasteiger partial charge in [0.1, 0.15) is 0 Å². The number of benzene rings is 2. The summed E-state index contributed by atoms with van der Waals surface area (Å²) >= 11 is 0. The number of carboxylic acids is 1. The Morgan fingerprint density at radius 3 is 1.87 bits per heavy atom. The van der Waals surface area contributed by atoms with Gasteiger partial charge in [-0.3, -0.25) is 9.69 Å². The molecule has 0 unspecified atom stereocenters. The monoisotopic (exact) mass is 310 g/mol. The lowest BCUT2D eigenvalue weighted by Crippen LogP contribution is -2.44. The average Bonchev–Trinajstić information content (AvgIpc) is 2.58. The molecule has 23 heavy (non-hydrogen) atoms. The highest BCUT2D eigenvalue weighted by molar-refractivity contribution is 5.69. The van der Waals surface area contributed by atoms with Gasteiger partial charge in [0.25, 0.3) is 0 Å². The van der Waals surface area contributed by atoms with E-state index in [1.54, 1.807) is 0 Å². The van der Waals surface area contributed by atoms with Gasteiger partial charge in [0, 0.05) is 30.5 Å². The van der Waals surface area contributed by atoms with Gasteiger partial charge in [0.2, 0.25) is 0 Å². The van der Waals surface area contributed by atoms with Crippen LogP contribution in [0.25, 0.3) is 0 Å². The molecule has 1 fully saturated rings. The van der Waals surface area contributed by atoms with E-state index in [0.29, 0.717) is 6.04 Å². The summed E-state index contributed by atoms with van der Waals surface area (Å²) in [6.07, 6.45) is 1.94. The van der Waals surface area contributed by atoms with E-state index in [2.05, 4.69) is 53.4 Å². The Morgan fingerprint density at radius 1 is 0.957 bits per heavy atom. The molecule has 1 saturated heterocycles. The molecule has 1 aliphatic heterocycles. The molecule has 3 rings (SSSR count). The molecule has 0 atom stereocenters. The molecule has 2 aromatic carbocycles. The highest BCUT2D eigenvalue weighted by atomic mass is 16.4. The zero-order valence-electron chi connectivity index (χ0n) is 13.1. The number of aliphatic carboxylic acids is 1. The first-order chi connectivity index (χ1) is 11.2. The number of carbonyl (C=O) groups is 1. The van der Waals surface area contributed by atoms with Crippen molar-refractivity contribution in [2.75, 3.05) is 24.5 Å². The van der Waals surface area contributed by atoms with E-state index in [1.165, 1.54) is 11.4 Å². The van der Waals surface area contributed by atoms with E-state index >= 15 is 0 Å². The van der Waals surface area contributed by atoms with Crippen molar-refractivity contribution in [3.8, 4) is 0 Å². The predicted molar refractivity (Wildman–Crippen MR) is 92.1 cm³/mol. The van der Waals surface area contributed by atoms with E-state index < -0.39 is 5.97 Å². The highest BCUT2D eigenvalue weighted by Gasteiger charge is 2.26. The van der Waals surface area contributed by atoms with Gasteiger partial charge in [0.05, 0.1) is 6.54 Å². The van der Waals surface area contributed by atoms with E-state index in [1.807, 2.05) is 17.0 Å². The lowest BCUT2D eigenvalue weighted by molar-refractivity contribution is -0.138. The van der Waals surface area contributed by atoms with Crippen LogP contribution in [0.1, 0.15) is 12.8 Å². The Morgan fingerprint density at radius 2 is 1.43 bits per heavy atom. The van der Waals surface area contributed by atoms with Gasteiger partial charge >= 0.3 is 5.97 Å². The molecule has 0 aromatic heterocycles. The topological polar surface area (TPSA) is 43.8 Å². The molecule has 0 amide bonds. The number of piperidine rings is 1. The summed E-state index contributed by atoms with van der Waals surface area (Å²) in [5.41, 5.74) is 2.38. The van der Waals surface area contributed by atoms with Gasteiger partial charge in [-0.2, -0.15) is 0 Å². The number of nitrogens with zero attached hydrogens (tertiary/aromatic N) is 2. The van der Waals surface area contributed by atoms with Crippen molar-refractivity contribution in [1.29, 1.82) is 0 Å². The zero-order chi connectivity index (χ0) is 16.1. The Balaban J connectivity index is 1.79. The van der Waals surface area contributed by atoms with Gasteiger partial charge in [-0.25, -0.2) is 0 Å². The second-order valence-electron chi connectivity index (χ2n) is 5.94. The summed E-state index contributed by atoms with van der Waals surface area (Å²) in [5, 5.41) is 8.94. The molecular formula is C19H22N2O2. The first-order valence-electron chi connectivity index (χ1n) is 8.07. The van der Waals surface area contributed by atoms with Crippen LogP contribution in [0.15, 0.2) is 60.7 Å². The van der Waals surface area contributed by atoms with Crippen LogP contribution in [0.4, 0.5) is 11.4 Å². The van der Waals surface area contributed by atoms with Crippen LogP contribution in [0.3, 0.4) is 0 Å². The summed E-state index contributed by atoms with van der Waals surface area (Å²) in [6.45, 7) is 1.80. The van der Waals surface area contributed by atoms with Crippen molar-refractivity contribution < 1.29 is 9.90 Å². The number of hydrogen-bond donors (Lipinski definition) is 1. The minimum atomic E-state index is -0.744. The normalized spacial score (nSPS) is 16.2. The molecule has 1 aliphatic rings. The second-order valence-corrected chi connectivity index (χ2v) is 5.94. The van der Waals surface area contributed by atoms with Crippen LogP contribution in [0.2, 0.25) is 0 Å². The van der Waals surface area contributed by atoms with Crippen LogP contribution in [-0.2, 0) is 4.79 Å². The van der Waals surface area contributed by atoms with Gasteiger partial charge < -0.3 is 10.0 Å².